The van der Waals surface area contributed by atoms with E-state index in [0.29, 0.717) is 78.0 Å². The van der Waals surface area contributed by atoms with Crippen molar-refractivity contribution < 1.29 is 42.4 Å². The van der Waals surface area contributed by atoms with Crippen LogP contribution in [-0.4, -0.2) is 101 Å². The number of alkyl carbamates (subject to hydrolysis) is 1. The molecular formula is C55H100NO9PS2. The van der Waals surface area contributed by atoms with Gasteiger partial charge in [0.15, 0.2) is 0 Å². The lowest BCUT2D eigenvalue weighted by Gasteiger charge is -2.58. The van der Waals surface area contributed by atoms with Gasteiger partial charge < -0.3 is 42.9 Å². The zero-order chi connectivity index (χ0) is 48.1. The highest BCUT2D eigenvalue weighted by molar-refractivity contribution is 8.76. The summed E-state index contributed by atoms with van der Waals surface area (Å²) in [5.74, 6) is 7.80. The molecule has 5 aliphatic rings. The van der Waals surface area contributed by atoms with Gasteiger partial charge in [-0.3, -0.25) is 0 Å². The minimum Gasteiger partial charge on any atom is -0.446 e. The predicted molar refractivity (Wildman–Crippen MR) is 284 cm³/mol. The Labute approximate surface area is 424 Å². The van der Waals surface area contributed by atoms with Crippen LogP contribution < -0.4 is 5.32 Å². The van der Waals surface area contributed by atoms with E-state index in [9.17, 15) is 9.69 Å². The molecule has 0 radical (unpaired) electrons. The maximum Gasteiger partial charge on any atom is 0.407 e. The molecule has 5 rings (SSSR count). The molecule has 0 aromatic rings. The summed E-state index contributed by atoms with van der Waals surface area (Å²) in [4.78, 5) is 22.7. The van der Waals surface area contributed by atoms with Crippen LogP contribution >= 0.6 is 30.2 Å². The molecule has 8 unspecified atom stereocenters. The first-order valence-electron chi connectivity index (χ1n) is 28.1. The van der Waals surface area contributed by atoms with Crippen LogP contribution in [0.2, 0.25) is 0 Å². The molecule has 396 valence electrons. The van der Waals surface area contributed by atoms with Gasteiger partial charge in [0.25, 0.3) is 0 Å². The molecule has 2 N–H and O–H groups in total. The van der Waals surface area contributed by atoms with Gasteiger partial charge in [-0.15, -0.1) is 0 Å². The number of ether oxygens (including phenoxy) is 5. The summed E-state index contributed by atoms with van der Waals surface area (Å²) in [5.41, 5.74) is 2.37. The zero-order valence-electron chi connectivity index (χ0n) is 43.7. The van der Waals surface area contributed by atoms with Crippen LogP contribution in [0, 0.1) is 46.3 Å². The second kappa shape index (κ2) is 34.4. The van der Waals surface area contributed by atoms with Gasteiger partial charge in [0.2, 0.25) is 0 Å². The van der Waals surface area contributed by atoms with Crippen LogP contribution in [-0.2, 0) is 32.7 Å². The molecule has 5 aliphatic carbocycles. The quantitative estimate of drug-likeness (QED) is 0.0266. The van der Waals surface area contributed by atoms with Crippen molar-refractivity contribution in [2.75, 3.05) is 84.1 Å². The van der Waals surface area contributed by atoms with E-state index in [1.54, 1.807) is 5.57 Å². The molecule has 13 heteroatoms. The lowest BCUT2D eigenvalue weighted by atomic mass is 9.47. The number of allylic oxidation sites excluding steroid dienone is 1. The van der Waals surface area contributed by atoms with Gasteiger partial charge in [-0.25, -0.2) is 4.79 Å². The minimum absolute atomic E-state index is 0.0281. The van der Waals surface area contributed by atoms with E-state index in [4.69, 9.17) is 32.7 Å². The summed E-state index contributed by atoms with van der Waals surface area (Å²) in [5, 5.41) is 2.95. The average Bonchev–Trinajstić information content (AvgIpc) is 3.97. The molecule has 68 heavy (non-hydrogen) atoms. The predicted octanol–water partition coefficient (Wildman–Crippen LogP) is 14.7. The monoisotopic (exact) mass is 1010 g/mol. The normalized spacial score (nSPS) is 27.5. The lowest BCUT2D eigenvalue weighted by molar-refractivity contribution is -0.0519. The van der Waals surface area contributed by atoms with Gasteiger partial charge in [0.05, 0.1) is 59.5 Å². The Morgan fingerprint density at radius 1 is 0.691 bits per heavy atom. The number of hydrogen-bond donors (Lipinski definition) is 2. The third kappa shape index (κ3) is 21.4. The molecule has 0 aromatic carbocycles. The van der Waals surface area contributed by atoms with Crippen LogP contribution in [0.15, 0.2) is 11.6 Å². The fourth-order valence-electron chi connectivity index (χ4n) is 12.9. The third-order valence-corrected chi connectivity index (χ3v) is 20.2. The van der Waals surface area contributed by atoms with Crippen LogP contribution in [0.1, 0.15) is 195 Å². The van der Waals surface area contributed by atoms with Crippen LogP contribution in [0.5, 0.6) is 0 Å². The van der Waals surface area contributed by atoms with E-state index >= 15 is 0 Å². The molecule has 0 saturated heterocycles. The van der Waals surface area contributed by atoms with Gasteiger partial charge in [0, 0.05) is 31.1 Å². The fraction of sp³-hybridized carbons (Fsp3) is 0.945. The van der Waals surface area contributed by atoms with Crippen molar-refractivity contribution in [3.8, 4) is 0 Å². The van der Waals surface area contributed by atoms with Crippen molar-refractivity contribution in [2.24, 2.45) is 46.3 Å². The van der Waals surface area contributed by atoms with Crippen molar-refractivity contribution in [3.63, 3.8) is 0 Å². The summed E-state index contributed by atoms with van der Waals surface area (Å²) in [6.07, 6.45) is 36.1. The molecule has 4 saturated carbocycles. The largest absolute Gasteiger partial charge is 0.446 e. The van der Waals surface area contributed by atoms with Crippen molar-refractivity contribution in [3.05, 3.63) is 11.6 Å². The number of unbranched alkanes of at least 4 members (excludes halogenated alkanes) is 7. The molecule has 0 bridgehead atoms. The zero-order valence-corrected chi connectivity index (χ0v) is 46.2. The van der Waals surface area contributed by atoms with E-state index < -0.39 is 8.60 Å². The van der Waals surface area contributed by atoms with Crippen molar-refractivity contribution in [1.29, 1.82) is 0 Å². The standard InChI is InChI=1S/C55H100NO9PS2/c1-45(2)18-10-13-22-47-24-26-51-50-25-23-48-44-49(27-29-55(48,4)52(50)28-30-54(47,51)3)65-53(57)56-31-17-32-59-34-35-60-36-37-61-38-39-62-40-41-64-66(58)63-33-14-6-8-16-43-68-67-42-15-7-5-9-19-46-20-11-12-21-46/h23,45-47,49-52,58H,5-22,24-44H2,1-4H3,(H,56,57). The van der Waals surface area contributed by atoms with Crippen LogP contribution in [0.3, 0.4) is 0 Å². The first-order valence-corrected chi connectivity index (χ1v) is 31.7. The Hall–Kier alpha value is -0.140. The molecule has 0 heterocycles. The third-order valence-electron chi connectivity index (χ3n) is 16.9. The average molecular weight is 1010 g/mol. The molecule has 0 spiro atoms. The molecule has 1 amide bonds. The fourth-order valence-corrected chi connectivity index (χ4v) is 15.8. The Morgan fingerprint density at radius 3 is 2.03 bits per heavy atom. The number of nitrogens with one attached hydrogen (secondary N) is 1. The first kappa shape index (κ1) is 58.7. The van der Waals surface area contributed by atoms with Crippen LogP contribution in [0.4, 0.5) is 4.79 Å². The van der Waals surface area contributed by atoms with Crippen molar-refractivity contribution in [1.82, 2.24) is 5.32 Å². The minimum atomic E-state index is -1.85. The number of carbonyl (C=O) groups is 1. The number of fused-ring (bicyclic) bond motifs is 5. The highest BCUT2D eigenvalue weighted by atomic mass is 33.1. The van der Waals surface area contributed by atoms with E-state index in [-0.39, 0.29) is 17.6 Å². The molecule has 10 nitrogen and oxygen atoms in total. The van der Waals surface area contributed by atoms with Crippen LogP contribution in [0.25, 0.3) is 0 Å². The smallest absolute Gasteiger partial charge is 0.407 e. The molecular weight excluding hydrogens is 914 g/mol. The Morgan fingerprint density at radius 2 is 1.32 bits per heavy atom. The maximum absolute atomic E-state index is 12.7. The van der Waals surface area contributed by atoms with Gasteiger partial charge in [-0.2, -0.15) is 0 Å². The molecule has 4 fully saturated rings. The van der Waals surface area contributed by atoms with Crippen molar-refractivity contribution in [2.45, 2.75) is 201 Å². The number of carbonyl (C=O) groups excluding carboxylic acids is 1. The Kier molecular flexibility index (Phi) is 29.7. The number of rotatable bonds is 39. The van der Waals surface area contributed by atoms with E-state index in [1.165, 1.54) is 140 Å². The van der Waals surface area contributed by atoms with E-state index in [0.717, 1.165) is 74.0 Å². The highest BCUT2D eigenvalue weighted by Gasteiger charge is 2.58. The topological polar surface area (TPSA) is 114 Å². The van der Waals surface area contributed by atoms with Crippen molar-refractivity contribution >= 4 is 36.3 Å². The molecule has 0 aliphatic heterocycles. The second-order valence-electron chi connectivity index (χ2n) is 22.1. The summed E-state index contributed by atoms with van der Waals surface area (Å²) >= 11 is 0. The van der Waals surface area contributed by atoms with Gasteiger partial charge >= 0.3 is 14.7 Å². The Bertz CT molecular complexity index is 1360. The number of amides is 1. The van der Waals surface area contributed by atoms with Gasteiger partial charge in [-0.1, -0.05) is 144 Å². The Balaban J connectivity index is 0.735. The van der Waals surface area contributed by atoms with Gasteiger partial charge in [-0.05, 0) is 123 Å². The lowest BCUT2D eigenvalue weighted by Crippen LogP contribution is -2.50. The van der Waals surface area contributed by atoms with Gasteiger partial charge in [0.1, 0.15) is 6.10 Å². The summed E-state index contributed by atoms with van der Waals surface area (Å²) in [6, 6.07) is 0. The first-order chi connectivity index (χ1) is 33.2. The van der Waals surface area contributed by atoms with E-state index in [1.807, 2.05) is 21.6 Å². The molecule has 0 aromatic heterocycles. The van der Waals surface area contributed by atoms with E-state index in [2.05, 4.69) is 39.1 Å². The summed E-state index contributed by atoms with van der Waals surface area (Å²) in [6.45, 7) is 15.1. The highest BCUT2D eigenvalue weighted by Crippen LogP contribution is 2.67. The summed E-state index contributed by atoms with van der Waals surface area (Å²) in [7, 11) is 2.22. The SMILES string of the molecule is CC(C)CCCCC1CCC2C3CC=C4CC(OC(=O)NCCCOCCOCCOCCOCCOP(O)OCCCCCCSSCCCCCCC5CCCC5)CCC4(C)C3CCC12C. The molecule has 8 atom stereocenters. The maximum atomic E-state index is 12.7. The number of hydrogen-bond acceptors (Lipinski definition) is 11. The second-order valence-corrected chi connectivity index (χ2v) is 25.8. The summed E-state index contributed by atoms with van der Waals surface area (Å²) < 4.78 is 39.2.